The van der Waals surface area contributed by atoms with Gasteiger partial charge in [-0.2, -0.15) is 0 Å². The summed E-state index contributed by atoms with van der Waals surface area (Å²) >= 11 is 0. The summed E-state index contributed by atoms with van der Waals surface area (Å²) < 4.78 is 5.59. The first-order valence-corrected chi connectivity index (χ1v) is 6.24. The third kappa shape index (κ3) is 11.4. The zero-order valence-corrected chi connectivity index (χ0v) is 11.7. The zero-order valence-electron chi connectivity index (χ0n) is 11.7. The van der Waals surface area contributed by atoms with Crippen LogP contribution in [-0.4, -0.2) is 38.8 Å². The largest absolute Gasteiger partial charge is 0.377 e. The Morgan fingerprint density at radius 1 is 1.35 bits per heavy atom. The molecule has 98 valence electrons. The molecule has 0 unspecified atom stereocenters. The highest BCUT2D eigenvalue weighted by molar-refractivity contribution is 5.12. The molecule has 17 heavy (non-hydrogen) atoms. The summed E-state index contributed by atoms with van der Waals surface area (Å²) in [6, 6.07) is 0. The van der Waals surface area contributed by atoms with Crippen LogP contribution in [0.2, 0.25) is 0 Å². The minimum Gasteiger partial charge on any atom is -0.377 e. The van der Waals surface area contributed by atoms with E-state index in [9.17, 15) is 0 Å². The van der Waals surface area contributed by atoms with Crippen molar-refractivity contribution in [2.45, 2.75) is 26.2 Å². The Labute approximate surface area is 107 Å². The van der Waals surface area contributed by atoms with Gasteiger partial charge in [-0.25, -0.2) is 0 Å². The Morgan fingerprint density at radius 3 is 2.65 bits per heavy atom. The number of nitrogens with zero attached hydrogens (tertiary/aromatic N) is 1. The first kappa shape index (κ1) is 16.1. The lowest BCUT2D eigenvalue weighted by atomic mass is 10.1. The van der Waals surface area contributed by atoms with Crippen LogP contribution < -0.4 is 0 Å². The molecule has 0 aliphatic heterocycles. The highest BCUT2D eigenvalue weighted by Gasteiger charge is 1.93. The van der Waals surface area contributed by atoms with E-state index >= 15 is 0 Å². The Bertz CT molecular complexity index is 254. The maximum atomic E-state index is 5.59. The van der Waals surface area contributed by atoms with Crippen molar-refractivity contribution in [3.63, 3.8) is 0 Å². The molecule has 0 rings (SSSR count). The summed E-state index contributed by atoms with van der Waals surface area (Å²) in [5.41, 5.74) is 2.40. The van der Waals surface area contributed by atoms with Gasteiger partial charge in [0, 0.05) is 6.61 Å². The Morgan fingerprint density at radius 2 is 2.06 bits per heavy atom. The van der Waals surface area contributed by atoms with Crippen LogP contribution in [0.4, 0.5) is 0 Å². The van der Waals surface area contributed by atoms with Gasteiger partial charge in [0.15, 0.2) is 0 Å². The molecule has 0 spiro atoms. The fraction of sp³-hybridized carbons (Fsp3) is 0.600. The number of hydrogen-bond donors (Lipinski definition) is 0. The molecule has 0 aromatic carbocycles. The van der Waals surface area contributed by atoms with E-state index < -0.39 is 0 Å². The van der Waals surface area contributed by atoms with Gasteiger partial charge in [-0.05, 0) is 46.8 Å². The van der Waals surface area contributed by atoms with E-state index in [1.807, 2.05) is 6.08 Å². The van der Waals surface area contributed by atoms with Crippen molar-refractivity contribution in [2.24, 2.45) is 0 Å². The quantitative estimate of drug-likeness (QED) is 0.328. The van der Waals surface area contributed by atoms with Crippen molar-refractivity contribution in [2.75, 3.05) is 33.9 Å². The van der Waals surface area contributed by atoms with Gasteiger partial charge in [0.1, 0.15) is 0 Å². The van der Waals surface area contributed by atoms with Gasteiger partial charge >= 0.3 is 0 Å². The van der Waals surface area contributed by atoms with Crippen LogP contribution in [0.25, 0.3) is 0 Å². The Kier molecular flexibility index (Phi) is 9.78. The van der Waals surface area contributed by atoms with Crippen molar-refractivity contribution in [3.05, 3.63) is 36.5 Å². The van der Waals surface area contributed by atoms with Crippen LogP contribution in [0.15, 0.2) is 36.5 Å². The number of hydrogen-bond acceptors (Lipinski definition) is 2. The first-order valence-electron chi connectivity index (χ1n) is 6.24. The van der Waals surface area contributed by atoms with Gasteiger partial charge in [0.2, 0.25) is 0 Å². The van der Waals surface area contributed by atoms with Crippen LogP contribution in [0.3, 0.4) is 0 Å². The van der Waals surface area contributed by atoms with Crippen molar-refractivity contribution in [3.8, 4) is 0 Å². The molecule has 0 radical (unpaired) electrons. The summed E-state index contributed by atoms with van der Waals surface area (Å²) in [4.78, 5) is 2.17. The summed E-state index contributed by atoms with van der Waals surface area (Å²) in [5, 5.41) is 0. The van der Waals surface area contributed by atoms with E-state index in [0.717, 1.165) is 44.6 Å². The van der Waals surface area contributed by atoms with Gasteiger partial charge in [0.25, 0.3) is 0 Å². The van der Waals surface area contributed by atoms with Crippen molar-refractivity contribution in [1.29, 1.82) is 0 Å². The predicted molar refractivity (Wildman–Crippen MR) is 76.3 cm³/mol. The zero-order chi connectivity index (χ0) is 13.1. The maximum Gasteiger partial charge on any atom is 0.0674 e. The second-order valence-corrected chi connectivity index (χ2v) is 4.66. The molecule has 0 bridgehead atoms. The monoisotopic (exact) mass is 237 g/mol. The van der Waals surface area contributed by atoms with Gasteiger partial charge in [-0.15, -0.1) is 0 Å². The van der Waals surface area contributed by atoms with Crippen LogP contribution in [0.1, 0.15) is 26.2 Å². The molecule has 0 amide bonds. The Balaban J connectivity index is 3.50. The molecule has 0 aliphatic rings. The van der Waals surface area contributed by atoms with E-state index in [0.29, 0.717) is 0 Å². The fourth-order valence-corrected chi connectivity index (χ4v) is 1.38. The van der Waals surface area contributed by atoms with E-state index in [2.05, 4.69) is 45.2 Å². The highest BCUT2D eigenvalue weighted by Crippen LogP contribution is 2.06. The average molecular weight is 237 g/mol. The van der Waals surface area contributed by atoms with E-state index in [1.165, 1.54) is 5.57 Å². The molecule has 0 heterocycles. The lowest BCUT2D eigenvalue weighted by molar-refractivity contribution is 0.146. The van der Waals surface area contributed by atoms with E-state index in [4.69, 9.17) is 4.74 Å². The lowest BCUT2D eigenvalue weighted by Crippen LogP contribution is -2.15. The third-order valence-corrected chi connectivity index (χ3v) is 2.47. The van der Waals surface area contributed by atoms with E-state index in [-0.39, 0.29) is 0 Å². The molecule has 0 atom stereocenters. The molecule has 0 fully saturated rings. The van der Waals surface area contributed by atoms with Crippen LogP contribution in [0.5, 0.6) is 0 Å². The molecule has 2 nitrogen and oxygen atoms in total. The molecule has 0 saturated carbocycles. The highest BCUT2D eigenvalue weighted by atomic mass is 16.5. The normalized spacial score (nSPS) is 11.9. The third-order valence-electron chi connectivity index (χ3n) is 2.47. The number of rotatable bonds is 10. The van der Waals surface area contributed by atoms with Gasteiger partial charge in [-0.1, -0.05) is 36.5 Å². The first-order chi connectivity index (χ1) is 8.06. The van der Waals surface area contributed by atoms with Gasteiger partial charge in [-0.3, -0.25) is 0 Å². The minimum atomic E-state index is 0.744. The van der Waals surface area contributed by atoms with Crippen molar-refractivity contribution in [1.82, 2.24) is 4.90 Å². The fourth-order valence-electron chi connectivity index (χ4n) is 1.38. The predicted octanol–water partition coefficient (Wildman–Crippen LogP) is 3.42. The second-order valence-electron chi connectivity index (χ2n) is 4.66. The SMILES string of the molecule is C=CC(=C)CC/C=C(/C)COCCCN(C)C. The van der Waals surface area contributed by atoms with Gasteiger partial charge in [0.05, 0.1) is 6.61 Å². The van der Waals surface area contributed by atoms with Crippen LogP contribution in [0, 0.1) is 0 Å². The molecule has 0 N–H and O–H groups in total. The molecule has 0 aromatic heterocycles. The van der Waals surface area contributed by atoms with Crippen LogP contribution in [-0.2, 0) is 4.74 Å². The Hall–Kier alpha value is -0.860. The molecule has 2 heteroatoms. The van der Waals surface area contributed by atoms with Crippen molar-refractivity contribution >= 4 is 0 Å². The molecular weight excluding hydrogens is 210 g/mol. The van der Waals surface area contributed by atoms with Gasteiger partial charge < -0.3 is 9.64 Å². The minimum absolute atomic E-state index is 0.744. The maximum absolute atomic E-state index is 5.59. The van der Waals surface area contributed by atoms with E-state index in [1.54, 1.807) is 0 Å². The second kappa shape index (κ2) is 10.3. The molecule has 0 aliphatic carbocycles. The number of allylic oxidation sites excluding steroid dienone is 3. The number of ether oxygens (including phenoxy) is 1. The smallest absolute Gasteiger partial charge is 0.0674 e. The van der Waals surface area contributed by atoms with Crippen molar-refractivity contribution < 1.29 is 4.74 Å². The molecular formula is C15H27NO. The summed E-state index contributed by atoms with van der Waals surface area (Å²) in [6.45, 7) is 12.4. The summed E-state index contributed by atoms with van der Waals surface area (Å²) in [5.74, 6) is 0. The molecule has 0 saturated heterocycles. The van der Waals surface area contributed by atoms with Crippen LogP contribution >= 0.6 is 0 Å². The molecule has 0 aromatic rings. The summed E-state index contributed by atoms with van der Waals surface area (Å²) in [7, 11) is 4.16. The topological polar surface area (TPSA) is 12.5 Å². The standard InChI is InChI=1S/C15H27NO/c1-6-14(2)9-7-10-15(3)13-17-12-8-11-16(4)5/h6,10H,1-2,7-9,11-13H2,3-5H3/b15-10-. The summed E-state index contributed by atoms with van der Waals surface area (Å²) in [6.07, 6.45) is 7.15. The lowest BCUT2D eigenvalue weighted by Gasteiger charge is -2.09. The average Bonchev–Trinajstić information content (AvgIpc) is 2.27.